The van der Waals surface area contributed by atoms with Crippen molar-refractivity contribution >= 4 is 34.9 Å². The van der Waals surface area contributed by atoms with Gasteiger partial charge in [-0.15, -0.1) is 0 Å². The van der Waals surface area contributed by atoms with Crippen molar-refractivity contribution in [2.45, 2.75) is 31.8 Å². The fraction of sp³-hybridized carbons (Fsp3) is 0.208. The van der Waals surface area contributed by atoms with Crippen molar-refractivity contribution in [1.29, 1.82) is 0 Å². The topological polar surface area (TPSA) is 32.3 Å². The van der Waals surface area contributed by atoms with Gasteiger partial charge in [-0.2, -0.15) is 0 Å². The smallest absolute Gasteiger partial charge is 0.313 e. The Morgan fingerprint density at radius 3 is 2.55 bits per heavy atom. The third-order valence-electron chi connectivity index (χ3n) is 5.32. The predicted molar refractivity (Wildman–Crippen MR) is 120 cm³/mol. The van der Waals surface area contributed by atoms with Crippen molar-refractivity contribution in [2.75, 3.05) is 5.32 Å². The molecule has 5 heteroatoms. The average Bonchev–Trinajstić information content (AvgIpc) is 2.73. The molecule has 0 radical (unpaired) electrons. The van der Waals surface area contributed by atoms with E-state index >= 15 is 0 Å². The van der Waals surface area contributed by atoms with E-state index in [4.69, 9.17) is 23.2 Å². The van der Waals surface area contributed by atoms with Crippen LogP contribution in [0.4, 0.5) is 10.5 Å². The number of benzene rings is 3. The van der Waals surface area contributed by atoms with E-state index in [-0.39, 0.29) is 12.1 Å². The van der Waals surface area contributed by atoms with Crippen molar-refractivity contribution < 1.29 is 4.79 Å². The molecule has 0 bridgehead atoms. The number of rotatable bonds is 4. The summed E-state index contributed by atoms with van der Waals surface area (Å²) in [6, 6.07) is 23.2. The first kappa shape index (κ1) is 19.8. The van der Waals surface area contributed by atoms with Gasteiger partial charge in [-0.1, -0.05) is 65.7 Å². The Bertz CT molecular complexity index is 1000. The van der Waals surface area contributed by atoms with Crippen LogP contribution >= 0.6 is 23.2 Å². The zero-order valence-electron chi connectivity index (χ0n) is 15.9. The Kier molecular flexibility index (Phi) is 6.08. The number of urea groups is 1. The molecule has 3 aromatic carbocycles. The molecule has 0 aromatic heterocycles. The zero-order valence-corrected chi connectivity index (χ0v) is 17.5. The number of nitrogens with zero attached hydrogens (tertiary/aromatic N) is 1. The quantitative estimate of drug-likeness (QED) is 0.475. The summed E-state index contributed by atoms with van der Waals surface area (Å²) in [5.41, 5.74) is 4.28. The molecule has 1 aliphatic rings. The van der Waals surface area contributed by atoms with Crippen molar-refractivity contribution in [3.63, 3.8) is 0 Å². The van der Waals surface area contributed by atoms with E-state index in [1.54, 1.807) is 12.1 Å². The van der Waals surface area contributed by atoms with Gasteiger partial charge in [-0.3, -0.25) is 0 Å². The Labute approximate surface area is 181 Å². The number of hydrogen-bond donors (Lipinski definition) is 1. The third kappa shape index (κ3) is 4.75. The van der Waals surface area contributed by atoms with Crippen LogP contribution in [0.2, 0.25) is 10.0 Å². The van der Waals surface area contributed by atoms with E-state index < -0.39 is 0 Å². The summed E-state index contributed by atoms with van der Waals surface area (Å²) in [5, 5.41) is 4.30. The van der Waals surface area contributed by atoms with Gasteiger partial charge in [0.25, 0.3) is 0 Å². The molecule has 1 N–H and O–H groups in total. The highest BCUT2D eigenvalue weighted by molar-refractivity contribution is 6.31. The van der Waals surface area contributed by atoms with E-state index in [9.17, 15) is 4.79 Å². The van der Waals surface area contributed by atoms with Crippen LogP contribution in [0.1, 0.15) is 35.6 Å². The molecule has 148 valence electrons. The maximum absolute atomic E-state index is 13.3. The summed E-state index contributed by atoms with van der Waals surface area (Å²) in [5.74, 6) is 0. The molecular formula is C24H22Cl2N2O. The normalized spacial score (nSPS) is 15.4. The van der Waals surface area contributed by atoms with Crippen LogP contribution in [-0.4, -0.2) is 10.9 Å². The summed E-state index contributed by atoms with van der Waals surface area (Å²) in [7, 11) is 0. The maximum Gasteiger partial charge on any atom is 0.322 e. The SMILES string of the molecule is O=C(Nc1cccc(Cl)c1)N(Cc1ccc(Cl)cc1)C1CCCc2ccccc21. The Balaban J connectivity index is 1.65. The first-order valence-electron chi connectivity index (χ1n) is 9.75. The van der Waals surface area contributed by atoms with Gasteiger partial charge in [0.05, 0.1) is 6.04 Å². The standard InChI is InChI=1S/C24H22Cl2N2O/c25-19-13-11-17(12-14-19)16-28(24(29)27-21-8-4-7-20(26)15-21)23-10-3-6-18-5-1-2-9-22(18)23/h1-2,4-5,7-9,11-15,23H,3,6,10,16H2,(H,27,29). The summed E-state index contributed by atoms with van der Waals surface area (Å²) < 4.78 is 0. The van der Waals surface area contributed by atoms with Crippen LogP contribution in [0, 0.1) is 0 Å². The Hall–Kier alpha value is -2.49. The molecule has 0 fully saturated rings. The number of anilines is 1. The summed E-state index contributed by atoms with van der Waals surface area (Å²) in [6.07, 6.45) is 3.05. The lowest BCUT2D eigenvalue weighted by Gasteiger charge is -2.36. The Morgan fingerprint density at radius 1 is 0.966 bits per heavy atom. The van der Waals surface area contributed by atoms with Gasteiger partial charge in [0.15, 0.2) is 0 Å². The number of amides is 2. The number of fused-ring (bicyclic) bond motifs is 1. The monoisotopic (exact) mass is 424 g/mol. The molecule has 1 atom stereocenters. The molecular weight excluding hydrogens is 403 g/mol. The summed E-state index contributed by atoms with van der Waals surface area (Å²) in [6.45, 7) is 0.503. The van der Waals surface area contributed by atoms with Crippen LogP contribution in [0.25, 0.3) is 0 Å². The molecule has 0 heterocycles. The molecule has 0 saturated heterocycles. The molecule has 0 saturated carbocycles. The number of nitrogens with one attached hydrogen (secondary N) is 1. The first-order chi connectivity index (χ1) is 14.1. The van der Waals surface area contributed by atoms with Crippen LogP contribution in [0.3, 0.4) is 0 Å². The van der Waals surface area contributed by atoms with Gasteiger partial charge in [0, 0.05) is 22.3 Å². The van der Waals surface area contributed by atoms with Gasteiger partial charge in [0.2, 0.25) is 0 Å². The molecule has 4 rings (SSSR count). The van der Waals surface area contributed by atoms with Gasteiger partial charge in [0.1, 0.15) is 0 Å². The largest absolute Gasteiger partial charge is 0.322 e. The maximum atomic E-state index is 13.3. The van der Waals surface area contributed by atoms with Crippen LogP contribution in [0.15, 0.2) is 72.8 Å². The first-order valence-corrected chi connectivity index (χ1v) is 10.5. The highest BCUT2D eigenvalue weighted by atomic mass is 35.5. The van der Waals surface area contributed by atoms with Gasteiger partial charge in [-0.05, 0) is 66.3 Å². The molecule has 2 amide bonds. The predicted octanol–water partition coefficient (Wildman–Crippen LogP) is 7.11. The lowest BCUT2D eigenvalue weighted by Crippen LogP contribution is -2.39. The minimum absolute atomic E-state index is 0.0230. The molecule has 1 unspecified atom stereocenters. The van der Waals surface area contributed by atoms with E-state index in [1.165, 1.54) is 11.1 Å². The molecule has 29 heavy (non-hydrogen) atoms. The van der Waals surface area contributed by atoms with Crippen LogP contribution in [0.5, 0.6) is 0 Å². The summed E-state index contributed by atoms with van der Waals surface area (Å²) >= 11 is 12.1. The molecule has 0 spiro atoms. The second-order valence-corrected chi connectivity index (χ2v) is 8.17. The van der Waals surface area contributed by atoms with Gasteiger partial charge < -0.3 is 10.2 Å². The third-order valence-corrected chi connectivity index (χ3v) is 5.80. The highest BCUT2D eigenvalue weighted by Gasteiger charge is 2.29. The lowest BCUT2D eigenvalue weighted by atomic mass is 9.86. The van der Waals surface area contributed by atoms with Gasteiger partial charge in [-0.25, -0.2) is 4.79 Å². The van der Waals surface area contributed by atoms with Crippen molar-refractivity contribution in [1.82, 2.24) is 4.90 Å². The Morgan fingerprint density at radius 2 is 1.76 bits per heavy atom. The van der Waals surface area contributed by atoms with E-state index in [1.807, 2.05) is 47.4 Å². The number of hydrogen-bond acceptors (Lipinski definition) is 1. The van der Waals surface area contributed by atoms with Crippen molar-refractivity contribution in [3.8, 4) is 0 Å². The number of aryl methyl sites for hydroxylation is 1. The number of carbonyl (C=O) groups excluding carboxylic acids is 1. The molecule has 1 aliphatic carbocycles. The van der Waals surface area contributed by atoms with E-state index in [0.29, 0.717) is 22.3 Å². The fourth-order valence-electron chi connectivity index (χ4n) is 3.92. The zero-order chi connectivity index (χ0) is 20.2. The second kappa shape index (κ2) is 8.89. The number of carbonyl (C=O) groups is 1. The minimum atomic E-state index is -0.135. The minimum Gasteiger partial charge on any atom is -0.313 e. The van der Waals surface area contributed by atoms with E-state index in [2.05, 4.69) is 23.5 Å². The van der Waals surface area contributed by atoms with Gasteiger partial charge >= 0.3 is 6.03 Å². The highest BCUT2D eigenvalue weighted by Crippen LogP contribution is 2.35. The average molecular weight is 425 g/mol. The lowest BCUT2D eigenvalue weighted by molar-refractivity contribution is 0.175. The van der Waals surface area contributed by atoms with Crippen LogP contribution in [-0.2, 0) is 13.0 Å². The van der Waals surface area contributed by atoms with Crippen molar-refractivity contribution in [2.24, 2.45) is 0 Å². The van der Waals surface area contributed by atoms with Crippen molar-refractivity contribution in [3.05, 3.63) is 99.5 Å². The molecule has 0 aliphatic heterocycles. The van der Waals surface area contributed by atoms with E-state index in [0.717, 1.165) is 24.8 Å². The molecule has 3 aromatic rings. The second-order valence-electron chi connectivity index (χ2n) is 7.30. The summed E-state index contributed by atoms with van der Waals surface area (Å²) in [4.78, 5) is 15.3. The molecule has 3 nitrogen and oxygen atoms in total. The van der Waals surface area contributed by atoms with Crippen LogP contribution < -0.4 is 5.32 Å². The number of halogens is 2. The fourth-order valence-corrected chi connectivity index (χ4v) is 4.24.